The molecule has 3 aromatic heterocycles. The Kier molecular flexibility index (Phi) is 4.92. The third kappa shape index (κ3) is 3.46. The number of aryl methyl sites for hydroxylation is 1. The van der Waals surface area contributed by atoms with Crippen LogP contribution in [-0.2, 0) is 17.6 Å². The number of hydrogen-bond acceptors (Lipinski definition) is 6. The predicted molar refractivity (Wildman–Crippen MR) is 110 cm³/mol. The molecule has 1 aliphatic rings. The van der Waals surface area contributed by atoms with E-state index in [1.807, 2.05) is 17.5 Å². The third-order valence-electron chi connectivity index (χ3n) is 4.95. The van der Waals surface area contributed by atoms with Gasteiger partial charge in [0.05, 0.1) is 17.9 Å². The Labute approximate surface area is 164 Å². The van der Waals surface area contributed by atoms with E-state index in [0.29, 0.717) is 11.3 Å². The molecule has 6 nitrogen and oxygen atoms in total. The molecule has 0 saturated heterocycles. The summed E-state index contributed by atoms with van der Waals surface area (Å²) in [5.41, 5.74) is 3.50. The molecule has 0 aliphatic heterocycles. The molecule has 0 spiro atoms. The number of nitrogens with one attached hydrogen (secondary N) is 1. The van der Waals surface area contributed by atoms with E-state index >= 15 is 0 Å². The van der Waals surface area contributed by atoms with Crippen LogP contribution in [0.4, 0.5) is 0 Å². The first-order valence-corrected chi connectivity index (χ1v) is 10.6. The van der Waals surface area contributed by atoms with Gasteiger partial charge in [-0.05, 0) is 49.1 Å². The van der Waals surface area contributed by atoms with E-state index in [1.165, 1.54) is 27.1 Å². The highest BCUT2D eigenvalue weighted by molar-refractivity contribution is 7.18. The lowest BCUT2D eigenvalue weighted by molar-refractivity contribution is -0.123. The van der Waals surface area contributed by atoms with Crippen LogP contribution in [0.2, 0.25) is 0 Å². The highest BCUT2D eigenvalue weighted by Crippen LogP contribution is 2.35. The molecule has 3 aromatic rings. The average Bonchev–Trinajstić information content (AvgIpc) is 3.28. The number of thiophene rings is 2. The average molecular weight is 401 g/mol. The number of fused-ring (bicyclic) bond motifs is 3. The lowest BCUT2D eigenvalue weighted by Crippen LogP contribution is -2.34. The second-order valence-electron chi connectivity index (χ2n) is 6.91. The van der Waals surface area contributed by atoms with Crippen LogP contribution >= 0.6 is 22.7 Å². The summed E-state index contributed by atoms with van der Waals surface area (Å²) in [6, 6.07) is 3.14. The predicted octanol–water partition coefficient (Wildman–Crippen LogP) is 3.36. The lowest BCUT2D eigenvalue weighted by Gasteiger charge is -2.18. The smallest absolute Gasteiger partial charge is 0.263 e. The first kappa shape index (κ1) is 18.1. The highest BCUT2D eigenvalue weighted by atomic mass is 32.1. The molecule has 0 unspecified atom stereocenters. The summed E-state index contributed by atoms with van der Waals surface area (Å²) >= 11 is 3.14. The van der Waals surface area contributed by atoms with Gasteiger partial charge in [-0.3, -0.25) is 14.2 Å². The summed E-state index contributed by atoms with van der Waals surface area (Å²) in [5, 5.41) is 6.60. The maximum atomic E-state index is 13.1. The van der Waals surface area contributed by atoms with Crippen molar-refractivity contribution in [3.05, 3.63) is 49.5 Å². The first-order valence-electron chi connectivity index (χ1n) is 8.92. The molecule has 0 radical (unpaired) electrons. The molecule has 27 heavy (non-hydrogen) atoms. The first-order chi connectivity index (χ1) is 13.0. The van der Waals surface area contributed by atoms with Crippen molar-refractivity contribution in [2.75, 3.05) is 0 Å². The molecule has 1 amide bonds. The SMILES string of the molecule is C[C@@H]1CCc2c(sc3ncn([C@H](C)C(=O)N/N=C\c4cccs4)c(=O)c23)C1. The molecule has 0 aromatic carbocycles. The number of nitrogens with zero attached hydrogens (tertiary/aromatic N) is 3. The van der Waals surface area contributed by atoms with Crippen LogP contribution in [0.3, 0.4) is 0 Å². The second-order valence-corrected chi connectivity index (χ2v) is 8.98. The van der Waals surface area contributed by atoms with Crippen LogP contribution in [0.25, 0.3) is 10.2 Å². The number of carbonyl (C=O) groups is 1. The van der Waals surface area contributed by atoms with E-state index in [9.17, 15) is 9.59 Å². The second kappa shape index (κ2) is 7.36. The normalized spacial score (nSPS) is 17.9. The van der Waals surface area contributed by atoms with Crippen LogP contribution < -0.4 is 11.0 Å². The molecule has 4 rings (SSSR count). The number of hydrazone groups is 1. The van der Waals surface area contributed by atoms with E-state index in [4.69, 9.17) is 0 Å². The van der Waals surface area contributed by atoms with Crippen molar-refractivity contribution in [3.8, 4) is 0 Å². The van der Waals surface area contributed by atoms with Gasteiger partial charge < -0.3 is 0 Å². The maximum absolute atomic E-state index is 13.1. The Morgan fingerprint density at radius 3 is 3.15 bits per heavy atom. The van der Waals surface area contributed by atoms with E-state index in [-0.39, 0.29) is 11.5 Å². The zero-order valence-corrected chi connectivity index (χ0v) is 16.8. The van der Waals surface area contributed by atoms with Gasteiger partial charge in [0.1, 0.15) is 10.9 Å². The standard InChI is InChI=1S/C19H20N4O2S2/c1-11-5-6-14-15(8-11)27-18-16(14)19(25)23(10-20-18)12(2)17(24)22-21-9-13-4-3-7-26-13/h3-4,7,9-12H,5-6,8H2,1-2H3,(H,22,24)/b21-9-/t11-,12-/m1/s1. The Hall–Kier alpha value is -2.32. The largest absolute Gasteiger partial charge is 0.286 e. The molecule has 0 fully saturated rings. The summed E-state index contributed by atoms with van der Waals surface area (Å²) in [6.45, 7) is 3.92. The zero-order valence-electron chi connectivity index (χ0n) is 15.1. The van der Waals surface area contributed by atoms with Gasteiger partial charge in [0, 0.05) is 9.75 Å². The number of amides is 1. The Morgan fingerprint density at radius 1 is 1.52 bits per heavy atom. The molecule has 3 heterocycles. The monoisotopic (exact) mass is 400 g/mol. The minimum atomic E-state index is -0.687. The molecular formula is C19H20N4O2S2. The van der Waals surface area contributed by atoms with Gasteiger partial charge >= 0.3 is 0 Å². The van der Waals surface area contributed by atoms with Crippen LogP contribution in [0.1, 0.15) is 41.6 Å². The molecule has 0 bridgehead atoms. The fraction of sp³-hybridized carbons (Fsp3) is 0.368. The van der Waals surface area contributed by atoms with Crippen molar-refractivity contribution in [2.24, 2.45) is 11.0 Å². The van der Waals surface area contributed by atoms with Crippen LogP contribution in [0.5, 0.6) is 0 Å². The fourth-order valence-corrected chi connectivity index (χ4v) is 5.29. The molecule has 1 aliphatic carbocycles. The van der Waals surface area contributed by atoms with E-state index in [2.05, 4.69) is 22.4 Å². The molecule has 2 atom stereocenters. The van der Waals surface area contributed by atoms with Gasteiger partial charge in [-0.2, -0.15) is 5.10 Å². The lowest BCUT2D eigenvalue weighted by atomic mass is 9.89. The summed E-state index contributed by atoms with van der Waals surface area (Å²) in [7, 11) is 0. The van der Waals surface area contributed by atoms with Crippen molar-refractivity contribution >= 4 is 45.0 Å². The van der Waals surface area contributed by atoms with Crippen molar-refractivity contribution in [3.63, 3.8) is 0 Å². The Morgan fingerprint density at radius 2 is 2.37 bits per heavy atom. The van der Waals surface area contributed by atoms with E-state index < -0.39 is 6.04 Å². The van der Waals surface area contributed by atoms with Crippen molar-refractivity contribution in [2.45, 2.75) is 39.2 Å². The number of aromatic nitrogens is 2. The highest BCUT2D eigenvalue weighted by Gasteiger charge is 2.25. The van der Waals surface area contributed by atoms with Gasteiger partial charge in [-0.25, -0.2) is 10.4 Å². The zero-order chi connectivity index (χ0) is 19.0. The molecule has 0 saturated carbocycles. The number of carbonyl (C=O) groups excluding carboxylic acids is 1. The summed E-state index contributed by atoms with van der Waals surface area (Å²) in [5.74, 6) is 0.294. The van der Waals surface area contributed by atoms with E-state index in [1.54, 1.807) is 24.5 Å². The van der Waals surface area contributed by atoms with Gasteiger partial charge in [-0.15, -0.1) is 22.7 Å². The number of rotatable bonds is 4. The van der Waals surface area contributed by atoms with Gasteiger partial charge in [0.2, 0.25) is 0 Å². The Bertz CT molecular complexity index is 1070. The maximum Gasteiger partial charge on any atom is 0.263 e. The number of hydrogen-bond donors (Lipinski definition) is 1. The van der Waals surface area contributed by atoms with Crippen LogP contribution in [-0.4, -0.2) is 21.7 Å². The molecule has 8 heteroatoms. The van der Waals surface area contributed by atoms with Gasteiger partial charge in [0.25, 0.3) is 11.5 Å². The van der Waals surface area contributed by atoms with Crippen molar-refractivity contribution in [1.29, 1.82) is 0 Å². The van der Waals surface area contributed by atoms with Gasteiger partial charge in [-0.1, -0.05) is 13.0 Å². The fourth-order valence-electron chi connectivity index (χ4n) is 3.36. The minimum absolute atomic E-state index is 0.142. The summed E-state index contributed by atoms with van der Waals surface area (Å²) in [4.78, 5) is 32.9. The molecular weight excluding hydrogens is 380 g/mol. The van der Waals surface area contributed by atoms with Crippen LogP contribution in [0.15, 0.2) is 33.7 Å². The molecule has 1 N–H and O–H groups in total. The minimum Gasteiger partial charge on any atom is -0.286 e. The summed E-state index contributed by atoms with van der Waals surface area (Å²) < 4.78 is 1.41. The Balaban J connectivity index is 1.60. The van der Waals surface area contributed by atoms with Crippen molar-refractivity contribution in [1.82, 2.24) is 15.0 Å². The topological polar surface area (TPSA) is 76.3 Å². The van der Waals surface area contributed by atoms with Gasteiger partial charge in [0.15, 0.2) is 0 Å². The third-order valence-corrected chi connectivity index (χ3v) is 6.92. The van der Waals surface area contributed by atoms with Crippen molar-refractivity contribution < 1.29 is 4.79 Å². The van der Waals surface area contributed by atoms with Crippen LogP contribution in [0, 0.1) is 5.92 Å². The summed E-state index contributed by atoms with van der Waals surface area (Å²) in [6.07, 6.45) is 6.06. The van der Waals surface area contributed by atoms with E-state index in [0.717, 1.165) is 34.5 Å². The quantitative estimate of drug-likeness (QED) is 0.539. The molecule has 140 valence electrons.